The van der Waals surface area contributed by atoms with Crippen LogP contribution < -0.4 is 10.5 Å². The molecule has 0 bridgehead atoms. The normalized spacial score (nSPS) is 19.0. The summed E-state index contributed by atoms with van der Waals surface area (Å²) in [6.45, 7) is 1.49. The molecule has 1 aromatic heterocycles. The van der Waals surface area contributed by atoms with Crippen LogP contribution in [0.5, 0.6) is 0 Å². The van der Waals surface area contributed by atoms with Crippen LogP contribution in [0.4, 0.5) is 5.69 Å². The Kier molecular flexibility index (Phi) is 5.59. The number of fused-ring (bicyclic) bond motifs is 1. The summed E-state index contributed by atoms with van der Waals surface area (Å²) < 4.78 is 77.4. The van der Waals surface area contributed by atoms with Gasteiger partial charge in [0.2, 0.25) is 10.0 Å². The molecule has 1 atom stereocenters. The number of benzene rings is 1. The standard InChI is InChI=1S/C15H18N2O7S4/c1-10-2-4-11(5-3-10)28(22,23)24-7-6-12-9-17-13-8-14(27(16,20)21)25-15(13)26(12,18)19/h2-5,8,12,17H,6-7,9H2,1H3,(H2,16,20,21). The molecule has 0 aliphatic carbocycles. The van der Waals surface area contributed by atoms with Crippen LogP contribution in [0.15, 0.2) is 43.6 Å². The third kappa shape index (κ3) is 4.23. The quantitative estimate of drug-likeness (QED) is 0.600. The van der Waals surface area contributed by atoms with Crippen LogP contribution in [0.1, 0.15) is 12.0 Å². The zero-order chi connectivity index (χ0) is 20.7. The summed E-state index contributed by atoms with van der Waals surface area (Å²) in [6, 6.07) is 7.27. The van der Waals surface area contributed by atoms with Gasteiger partial charge >= 0.3 is 0 Å². The largest absolute Gasteiger partial charge is 0.382 e. The van der Waals surface area contributed by atoms with Crippen molar-refractivity contribution in [3.63, 3.8) is 0 Å². The second-order valence-corrected chi connectivity index (χ2v) is 13.1. The molecule has 2 aromatic rings. The van der Waals surface area contributed by atoms with Gasteiger partial charge in [-0.1, -0.05) is 17.7 Å². The Bertz CT molecular complexity index is 1200. The maximum absolute atomic E-state index is 12.7. The van der Waals surface area contributed by atoms with E-state index in [1.165, 1.54) is 18.2 Å². The van der Waals surface area contributed by atoms with Crippen LogP contribution in [0.3, 0.4) is 0 Å². The van der Waals surface area contributed by atoms with Crippen molar-refractivity contribution < 1.29 is 29.4 Å². The maximum atomic E-state index is 12.7. The lowest BCUT2D eigenvalue weighted by atomic mass is 10.2. The van der Waals surface area contributed by atoms with Gasteiger partial charge in [0, 0.05) is 6.54 Å². The summed E-state index contributed by atoms with van der Waals surface area (Å²) in [5.41, 5.74) is 1.07. The van der Waals surface area contributed by atoms with Gasteiger partial charge in [0.15, 0.2) is 9.84 Å². The van der Waals surface area contributed by atoms with Crippen LogP contribution >= 0.6 is 11.3 Å². The smallest absolute Gasteiger partial charge is 0.296 e. The Balaban J connectivity index is 1.72. The SMILES string of the molecule is Cc1ccc(S(=O)(=O)OCCC2CNc3cc(S(N)(=O)=O)sc3S2(=O)=O)cc1. The van der Waals surface area contributed by atoms with E-state index in [2.05, 4.69) is 5.32 Å². The van der Waals surface area contributed by atoms with E-state index in [0.717, 1.165) is 5.56 Å². The number of nitrogens with two attached hydrogens (primary N) is 1. The predicted octanol–water partition coefficient (Wildman–Crippen LogP) is 1.07. The van der Waals surface area contributed by atoms with Crippen molar-refractivity contribution in [3.8, 4) is 0 Å². The Hall–Kier alpha value is -1.51. The summed E-state index contributed by atoms with van der Waals surface area (Å²) >= 11 is 0.568. The highest BCUT2D eigenvalue weighted by Crippen LogP contribution is 2.39. The maximum Gasteiger partial charge on any atom is 0.296 e. The Morgan fingerprint density at radius 2 is 1.86 bits per heavy atom. The Morgan fingerprint density at radius 1 is 1.21 bits per heavy atom. The predicted molar refractivity (Wildman–Crippen MR) is 104 cm³/mol. The minimum atomic E-state index is -4.02. The first kappa shape index (κ1) is 21.2. The zero-order valence-corrected chi connectivity index (χ0v) is 17.9. The lowest BCUT2D eigenvalue weighted by Crippen LogP contribution is -2.34. The third-order valence-electron chi connectivity index (χ3n) is 4.16. The highest BCUT2D eigenvalue weighted by molar-refractivity contribution is 7.95. The molecule has 1 unspecified atom stereocenters. The van der Waals surface area contributed by atoms with Gasteiger partial charge in [0.25, 0.3) is 10.1 Å². The number of sulfonamides is 1. The summed E-state index contributed by atoms with van der Waals surface area (Å²) in [6.07, 6.45) is -0.0809. The van der Waals surface area contributed by atoms with Crippen molar-refractivity contribution in [2.45, 2.75) is 31.9 Å². The average Bonchev–Trinajstić information content (AvgIpc) is 3.03. The number of thiophene rings is 1. The van der Waals surface area contributed by atoms with Gasteiger partial charge in [-0.05, 0) is 31.5 Å². The highest BCUT2D eigenvalue weighted by atomic mass is 32.3. The van der Waals surface area contributed by atoms with Crippen LogP contribution in [0.2, 0.25) is 0 Å². The molecule has 3 rings (SSSR count). The molecule has 1 aromatic carbocycles. The van der Waals surface area contributed by atoms with E-state index in [1.807, 2.05) is 6.92 Å². The zero-order valence-electron chi connectivity index (χ0n) is 14.7. The number of primary sulfonamides is 1. The first-order valence-electron chi connectivity index (χ1n) is 8.02. The minimum Gasteiger partial charge on any atom is -0.382 e. The number of rotatable bonds is 6. The number of aryl methyl sites for hydroxylation is 1. The highest BCUT2D eigenvalue weighted by Gasteiger charge is 2.37. The molecule has 2 heterocycles. The van der Waals surface area contributed by atoms with E-state index in [-0.39, 0.29) is 38.6 Å². The van der Waals surface area contributed by atoms with E-state index < -0.39 is 35.2 Å². The number of anilines is 1. The first-order chi connectivity index (χ1) is 12.9. The Morgan fingerprint density at radius 3 is 2.46 bits per heavy atom. The van der Waals surface area contributed by atoms with Gasteiger partial charge in [0.1, 0.15) is 8.42 Å². The summed E-state index contributed by atoms with van der Waals surface area (Å²) in [5.74, 6) is 0. The number of nitrogens with one attached hydrogen (secondary N) is 1. The fourth-order valence-electron chi connectivity index (χ4n) is 2.63. The van der Waals surface area contributed by atoms with E-state index in [1.54, 1.807) is 12.1 Å². The third-order valence-corrected chi connectivity index (χ3v) is 10.8. The van der Waals surface area contributed by atoms with Crippen molar-refractivity contribution in [1.82, 2.24) is 0 Å². The molecule has 0 radical (unpaired) electrons. The second kappa shape index (κ2) is 7.39. The molecule has 13 heteroatoms. The van der Waals surface area contributed by atoms with Gasteiger partial charge < -0.3 is 5.32 Å². The fraction of sp³-hybridized carbons (Fsp3) is 0.333. The molecule has 28 heavy (non-hydrogen) atoms. The molecule has 1 aliphatic heterocycles. The number of hydrogen-bond donors (Lipinski definition) is 2. The summed E-state index contributed by atoms with van der Waals surface area (Å²) in [4.78, 5) is -0.0129. The van der Waals surface area contributed by atoms with Gasteiger partial charge in [-0.25, -0.2) is 22.0 Å². The molecule has 0 saturated carbocycles. The van der Waals surface area contributed by atoms with Crippen molar-refractivity contribution >= 4 is 47.0 Å². The summed E-state index contributed by atoms with van der Waals surface area (Å²) in [7, 11) is -11.9. The van der Waals surface area contributed by atoms with Crippen LogP contribution in [0.25, 0.3) is 0 Å². The minimum absolute atomic E-state index is 0.00403. The molecule has 0 saturated heterocycles. The van der Waals surface area contributed by atoms with Crippen molar-refractivity contribution in [3.05, 3.63) is 35.9 Å². The molecule has 154 valence electrons. The monoisotopic (exact) mass is 466 g/mol. The molecular weight excluding hydrogens is 448 g/mol. The van der Waals surface area contributed by atoms with E-state index in [0.29, 0.717) is 11.3 Å². The molecule has 0 amide bonds. The van der Waals surface area contributed by atoms with Crippen LogP contribution in [-0.4, -0.2) is 43.7 Å². The van der Waals surface area contributed by atoms with Crippen LogP contribution in [0, 0.1) is 6.92 Å². The lowest BCUT2D eigenvalue weighted by Gasteiger charge is -2.23. The molecule has 1 aliphatic rings. The molecule has 3 N–H and O–H groups in total. The van der Waals surface area contributed by atoms with Crippen molar-refractivity contribution in [2.75, 3.05) is 18.5 Å². The molecule has 0 fully saturated rings. The Labute approximate surface area is 167 Å². The first-order valence-corrected chi connectivity index (χ1v) is 13.3. The van der Waals surface area contributed by atoms with Gasteiger partial charge in [-0.3, -0.25) is 4.18 Å². The fourth-order valence-corrected chi connectivity index (χ4v) is 7.90. The van der Waals surface area contributed by atoms with Crippen LogP contribution in [-0.2, 0) is 34.2 Å². The van der Waals surface area contributed by atoms with Gasteiger partial charge in [-0.2, -0.15) is 8.42 Å². The van der Waals surface area contributed by atoms with Gasteiger partial charge in [0.05, 0.1) is 22.4 Å². The van der Waals surface area contributed by atoms with E-state index >= 15 is 0 Å². The topological polar surface area (TPSA) is 150 Å². The molecule has 0 spiro atoms. The van der Waals surface area contributed by atoms with E-state index in [9.17, 15) is 25.3 Å². The molecule has 9 nitrogen and oxygen atoms in total. The average molecular weight is 467 g/mol. The number of sulfone groups is 1. The van der Waals surface area contributed by atoms with Crippen molar-refractivity contribution in [2.24, 2.45) is 5.14 Å². The summed E-state index contributed by atoms with van der Waals surface area (Å²) in [5, 5.41) is 6.95. The van der Waals surface area contributed by atoms with E-state index in [4.69, 9.17) is 9.32 Å². The lowest BCUT2D eigenvalue weighted by molar-refractivity contribution is 0.309. The number of hydrogen-bond acceptors (Lipinski definition) is 9. The van der Waals surface area contributed by atoms with Gasteiger partial charge in [-0.15, -0.1) is 11.3 Å². The van der Waals surface area contributed by atoms with Crippen molar-refractivity contribution in [1.29, 1.82) is 0 Å². The molecular formula is C15H18N2O7S4. The second-order valence-electron chi connectivity index (χ2n) is 6.24.